The largest absolute Gasteiger partial charge is 0.534 e. The molecule has 0 spiro atoms. The van der Waals surface area contributed by atoms with Crippen LogP contribution < -0.4 is 0 Å². The van der Waals surface area contributed by atoms with Gasteiger partial charge in [-0.1, -0.05) is 17.7 Å². The lowest BCUT2D eigenvalue weighted by molar-refractivity contribution is -0.0509. The smallest absolute Gasteiger partial charge is 0.444 e. The van der Waals surface area contributed by atoms with E-state index < -0.39 is 39.0 Å². The summed E-state index contributed by atoms with van der Waals surface area (Å²) in [7, 11) is -5.93. The van der Waals surface area contributed by atoms with Gasteiger partial charge in [-0.25, -0.2) is 4.79 Å². The van der Waals surface area contributed by atoms with E-state index >= 15 is 0 Å². The molecule has 1 amide bonds. The number of ether oxygens (including phenoxy) is 1. The predicted molar refractivity (Wildman–Crippen MR) is 132 cm³/mol. The molecule has 12 heteroatoms. The van der Waals surface area contributed by atoms with E-state index in [2.05, 4.69) is 9.17 Å². The average Bonchev–Trinajstić information content (AvgIpc) is 2.91. The first-order valence-electron chi connectivity index (χ1n) is 11.6. The summed E-state index contributed by atoms with van der Waals surface area (Å²) in [4.78, 5) is 18.6. The summed E-state index contributed by atoms with van der Waals surface area (Å²) in [5.74, 6) is -0.952. The summed E-state index contributed by atoms with van der Waals surface area (Å²) < 4.78 is 73.5. The van der Waals surface area contributed by atoms with Gasteiger partial charge in [-0.3, -0.25) is 4.98 Å². The second-order valence-electron chi connectivity index (χ2n) is 9.98. The van der Waals surface area contributed by atoms with Crippen molar-refractivity contribution in [3.63, 3.8) is 0 Å². The molecule has 0 radical (unpaired) electrons. The van der Waals surface area contributed by atoms with Gasteiger partial charge in [0.2, 0.25) is 0 Å². The van der Waals surface area contributed by atoms with Crippen LogP contribution in [0.5, 0.6) is 0 Å². The Morgan fingerprint density at radius 2 is 1.81 bits per heavy atom. The minimum Gasteiger partial charge on any atom is -0.444 e. The molecule has 2 heterocycles. The molecule has 1 atom stereocenters. The maximum absolute atomic E-state index is 13.2. The quantitative estimate of drug-likeness (QED) is 0.330. The third-order valence-corrected chi connectivity index (χ3v) is 7.42. The van der Waals surface area contributed by atoms with Gasteiger partial charge in [0.15, 0.2) is 5.76 Å². The standard InChI is InChI=1S/C25H26ClF3N2O5S/c1-24(2,3)35-23(32)31-11-8-15(9-12-31)21-18-7-6-17(26)13-16(18)14-20(19-5-4-10-30-22(19)21)36-37(33,34)25(27,28)29/h4-7,10,13-15,21H,8-9,11-12H2,1-3H3. The van der Waals surface area contributed by atoms with Crippen molar-refractivity contribution in [3.8, 4) is 0 Å². The van der Waals surface area contributed by atoms with Crippen LogP contribution in [0.4, 0.5) is 18.0 Å². The summed E-state index contributed by atoms with van der Waals surface area (Å²) in [6, 6.07) is 7.96. The fourth-order valence-electron chi connectivity index (χ4n) is 4.65. The van der Waals surface area contributed by atoms with E-state index in [1.165, 1.54) is 24.4 Å². The molecule has 0 N–H and O–H groups in total. The zero-order valence-corrected chi connectivity index (χ0v) is 22.0. The summed E-state index contributed by atoms with van der Waals surface area (Å²) in [5.41, 5.74) is -4.55. The molecule has 1 aliphatic heterocycles. The minimum absolute atomic E-state index is 0.0563. The van der Waals surface area contributed by atoms with Crippen molar-refractivity contribution in [1.82, 2.24) is 9.88 Å². The number of rotatable bonds is 3. The predicted octanol–water partition coefficient (Wildman–Crippen LogP) is 6.19. The number of carbonyl (C=O) groups excluding carboxylic acids is 1. The molecule has 2 aromatic rings. The number of aromatic nitrogens is 1. The summed E-state index contributed by atoms with van der Waals surface area (Å²) in [6.45, 7) is 6.21. The second kappa shape index (κ2) is 9.83. The van der Waals surface area contributed by atoms with Gasteiger partial charge >= 0.3 is 21.7 Å². The van der Waals surface area contributed by atoms with Crippen molar-refractivity contribution in [2.24, 2.45) is 5.92 Å². The number of piperidine rings is 1. The Kier molecular flexibility index (Phi) is 7.24. The van der Waals surface area contributed by atoms with Crippen LogP contribution in [0.3, 0.4) is 0 Å². The Morgan fingerprint density at radius 1 is 1.14 bits per heavy atom. The lowest BCUT2D eigenvalue weighted by Gasteiger charge is -2.37. The fraction of sp³-hybridized carbons (Fsp3) is 0.440. The number of pyridine rings is 1. The third-order valence-electron chi connectivity index (χ3n) is 6.21. The highest BCUT2D eigenvalue weighted by molar-refractivity contribution is 7.87. The molecule has 0 saturated carbocycles. The van der Waals surface area contributed by atoms with Gasteiger partial charge in [-0.15, -0.1) is 0 Å². The van der Waals surface area contributed by atoms with Crippen LogP contribution in [0.2, 0.25) is 5.02 Å². The first-order chi connectivity index (χ1) is 17.2. The van der Waals surface area contributed by atoms with Crippen molar-refractivity contribution < 1.29 is 35.3 Å². The van der Waals surface area contributed by atoms with E-state index in [1.54, 1.807) is 43.9 Å². The monoisotopic (exact) mass is 558 g/mol. The molecular formula is C25H26ClF3N2O5S. The molecule has 1 aliphatic carbocycles. The van der Waals surface area contributed by atoms with Gasteiger partial charge in [0.1, 0.15) is 5.60 Å². The maximum Gasteiger partial charge on any atom is 0.534 e. The molecule has 200 valence electrons. The molecule has 4 rings (SSSR count). The number of hydrogen-bond donors (Lipinski definition) is 0. The van der Waals surface area contributed by atoms with Gasteiger partial charge in [0.05, 0.1) is 5.69 Å². The third kappa shape index (κ3) is 5.87. The molecule has 1 unspecified atom stereocenters. The summed E-state index contributed by atoms with van der Waals surface area (Å²) >= 11 is 6.19. The van der Waals surface area contributed by atoms with E-state index in [-0.39, 0.29) is 11.5 Å². The number of amides is 1. The number of carbonyl (C=O) groups is 1. The Bertz CT molecular complexity index is 1330. The number of alkyl halides is 3. The van der Waals surface area contributed by atoms with Crippen LogP contribution in [0, 0.1) is 5.92 Å². The van der Waals surface area contributed by atoms with Crippen molar-refractivity contribution in [2.45, 2.75) is 50.6 Å². The summed E-state index contributed by atoms with van der Waals surface area (Å²) in [5, 5.41) is 0.324. The average molecular weight is 559 g/mol. The zero-order chi connectivity index (χ0) is 27.2. The maximum atomic E-state index is 13.2. The Labute approximate surface area is 218 Å². The van der Waals surface area contributed by atoms with Gasteiger partial charge in [0, 0.05) is 35.8 Å². The molecule has 1 fully saturated rings. The van der Waals surface area contributed by atoms with Crippen molar-refractivity contribution >= 4 is 39.6 Å². The van der Waals surface area contributed by atoms with Crippen LogP contribution in [-0.2, 0) is 19.0 Å². The molecular weight excluding hydrogens is 533 g/mol. The van der Waals surface area contributed by atoms with E-state index in [0.717, 1.165) is 5.56 Å². The minimum atomic E-state index is -5.93. The van der Waals surface area contributed by atoms with Gasteiger partial charge in [-0.2, -0.15) is 21.6 Å². The molecule has 1 aromatic carbocycles. The van der Waals surface area contributed by atoms with Crippen LogP contribution in [0.15, 0.2) is 36.5 Å². The number of fused-ring (bicyclic) bond motifs is 2. The highest BCUT2D eigenvalue weighted by atomic mass is 35.5. The lowest BCUT2D eigenvalue weighted by atomic mass is 9.76. The van der Waals surface area contributed by atoms with E-state index in [1.807, 2.05) is 0 Å². The number of hydrogen-bond acceptors (Lipinski definition) is 6. The number of halogens is 4. The SMILES string of the molecule is CC(C)(C)OC(=O)N1CCC(C2c3ccc(Cl)cc3C=C(OS(=O)(=O)C(F)(F)F)c3cccnc32)CC1. The molecule has 37 heavy (non-hydrogen) atoms. The molecule has 2 aliphatic rings. The van der Waals surface area contributed by atoms with Crippen LogP contribution in [0.25, 0.3) is 11.8 Å². The normalized spacial score (nSPS) is 18.8. The topological polar surface area (TPSA) is 85.8 Å². The first kappa shape index (κ1) is 27.3. The van der Waals surface area contributed by atoms with Crippen molar-refractivity contribution in [1.29, 1.82) is 0 Å². The molecule has 7 nitrogen and oxygen atoms in total. The van der Waals surface area contributed by atoms with Gasteiger partial charge in [0.25, 0.3) is 0 Å². The molecule has 1 aromatic heterocycles. The number of likely N-dealkylation sites (tertiary alicyclic amines) is 1. The first-order valence-corrected chi connectivity index (χ1v) is 13.4. The van der Waals surface area contributed by atoms with Gasteiger partial charge in [-0.05, 0) is 81.0 Å². The Morgan fingerprint density at radius 3 is 2.43 bits per heavy atom. The number of benzene rings is 1. The Hall–Kier alpha value is -2.79. The van der Waals surface area contributed by atoms with Crippen LogP contribution in [0.1, 0.15) is 61.9 Å². The Balaban J connectivity index is 1.73. The lowest BCUT2D eigenvalue weighted by Crippen LogP contribution is -2.42. The van der Waals surface area contributed by atoms with Gasteiger partial charge < -0.3 is 13.8 Å². The highest BCUT2D eigenvalue weighted by Crippen LogP contribution is 2.45. The van der Waals surface area contributed by atoms with E-state index in [0.29, 0.717) is 42.2 Å². The number of nitrogens with zero attached hydrogens (tertiary/aromatic N) is 2. The van der Waals surface area contributed by atoms with Crippen LogP contribution >= 0.6 is 11.6 Å². The van der Waals surface area contributed by atoms with Crippen molar-refractivity contribution in [3.05, 3.63) is 63.9 Å². The molecule has 1 saturated heterocycles. The van der Waals surface area contributed by atoms with E-state index in [4.69, 9.17) is 16.3 Å². The highest BCUT2D eigenvalue weighted by Gasteiger charge is 2.49. The summed E-state index contributed by atoms with van der Waals surface area (Å²) in [6.07, 6.45) is 3.48. The second-order valence-corrected chi connectivity index (χ2v) is 12.0. The van der Waals surface area contributed by atoms with E-state index in [9.17, 15) is 26.4 Å². The fourth-order valence-corrected chi connectivity index (χ4v) is 5.30. The van der Waals surface area contributed by atoms with Crippen molar-refractivity contribution in [2.75, 3.05) is 13.1 Å². The molecule has 0 bridgehead atoms. The van der Waals surface area contributed by atoms with Crippen LogP contribution in [-0.4, -0.2) is 48.6 Å². The zero-order valence-electron chi connectivity index (χ0n) is 20.4.